The van der Waals surface area contributed by atoms with Crippen molar-refractivity contribution in [3.63, 3.8) is 0 Å². The van der Waals surface area contributed by atoms with E-state index < -0.39 is 6.10 Å². The zero-order valence-electron chi connectivity index (χ0n) is 48.1. The van der Waals surface area contributed by atoms with Gasteiger partial charge in [-0.1, -0.05) is 260 Å². The van der Waals surface area contributed by atoms with Crippen molar-refractivity contribution in [1.82, 2.24) is 0 Å². The van der Waals surface area contributed by atoms with E-state index in [0.717, 1.165) is 77.0 Å². The fraction of sp³-hybridized carbons (Fsp3) is 0.746. The molecule has 0 aliphatic heterocycles. The van der Waals surface area contributed by atoms with Crippen LogP contribution in [0.5, 0.6) is 0 Å². The molecule has 6 heteroatoms. The van der Waals surface area contributed by atoms with E-state index in [4.69, 9.17) is 14.2 Å². The summed E-state index contributed by atoms with van der Waals surface area (Å²) in [6, 6.07) is 0. The molecule has 73 heavy (non-hydrogen) atoms. The maximum absolute atomic E-state index is 12.9. The third-order valence-electron chi connectivity index (χ3n) is 13.4. The van der Waals surface area contributed by atoms with Crippen LogP contribution in [0.15, 0.2) is 85.1 Å². The lowest BCUT2D eigenvalue weighted by molar-refractivity contribution is -0.167. The summed E-state index contributed by atoms with van der Waals surface area (Å²) < 4.78 is 16.9. The topological polar surface area (TPSA) is 78.9 Å². The molecule has 0 aromatic heterocycles. The molecule has 0 spiro atoms. The Morgan fingerprint density at radius 1 is 0.288 bits per heavy atom. The second-order valence-corrected chi connectivity index (χ2v) is 20.6. The van der Waals surface area contributed by atoms with Crippen LogP contribution in [0, 0.1) is 0 Å². The predicted molar refractivity (Wildman–Crippen MR) is 316 cm³/mol. The van der Waals surface area contributed by atoms with E-state index in [1.54, 1.807) is 0 Å². The largest absolute Gasteiger partial charge is 0.462 e. The molecule has 0 aromatic rings. The molecule has 1 atom stereocenters. The monoisotopic (exact) mass is 1020 g/mol. The number of unbranched alkanes of at least 4 members (excludes halogenated alkanes) is 31. The van der Waals surface area contributed by atoms with Crippen molar-refractivity contribution in [2.75, 3.05) is 13.2 Å². The van der Waals surface area contributed by atoms with Gasteiger partial charge in [-0.3, -0.25) is 14.4 Å². The molecule has 0 fully saturated rings. The molecular weight excluding hydrogens is 901 g/mol. The second kappa shape index (κ2) is 61.1. The van der Waals surface area contributed by atoms with Crippen LogP contribution in [-0.4, -0.2) is 37.2 Å². The van der Waals surface area contributed by atoms with Crippen LogP contribution >= 0.6 is 0 Å². The average molecular weight is 1020 g/mol. The van der Waals surface area contributed by atoms with Crippen LogP contribution in [0.3, 0.4) is 0 Å². The van der Waals surface area contributed by atoms with E-state index in [9.17, 15) is 14.4 Å². The van der Waals surface area contributed by atoms with Gasteiger partial charge in [0.1, 0.15) is 13.2 Å². The molecule has 0 aliphatic rings. The fourth-order valence-electron chi connectivity index (χ4n) is 8.70. The van der Waals surface area contributed by atoms with Crippen LogP contribution in [0.25, 0.3) is 0 Å². The minimum absolute atomic E-state index is 0.0950. The van der Waals surface area contributed by atoms with Gasteiger partial charge < -0.3 is 14.2 Å². The number of rotatable bonds is 56. The number of carbonyl (C=O) groups is 3. The van der Waals surface area contributed by atoms with Crippen LogP contribution in [-0.2, 0) is 28.6 Å². The van der Waals surface area contributed by atoms with Gasteiger partial charge in [0.25, 0.3) is 0 Å². The second-order valence-electron chi connectivity index (χ2n) is 20.6. The highest BCUT2D eigenvalue weighted by molar-refractivity contribution is 5.71. The van der Waals surface area contributed by atoms with Crippen molar-refractivity contribution in [3.8, 4) is 0 Å². The normalized spacial score (nSPS) is 12.6. The summed E-state index contributed by atoms with van der Waals surface area (Å²) in [6.45, 7) is 6.50. The zero-order chi connectivity index (χ0) is 52.9. The van der Waals surface area contributed by atoms with Crippen molar-refractivity contribution in [3.05, 3.63) is 85.1 Å². The van der Waals surface area contributed by atoms with Gasteiger partial charge >= 0.3 is 17.9 Å². The maximum atomic E-state index is 12.9. The Bertz CT molecular complexity index is 1400. The predicted octanol–water partition coefficient (Wildman–Crippen LogP) is 21.1. The molecule has 0 N–H and O–H groups in total. The molecule has 0 unspecified atom stereocenters. The van der Waals surface area contributed by atoms with Gasteiger partial charge in [0, 0.05) is 19.3 Å². The molecule has 0 radical (unpaired) electrons. The highest BCUT2D eigenvalue weighted by atomic mass is 16.6. The van der Waals surface area contributed by atoms with Gasteiger partial charge in [0.15, 0.2) is 6.10 Å². The Labute approximate surface area is 452 Å². The highest BCUT2D eigenvalue weighted by Crippen LogP contribution is 2.16. The first-order chi connectivity index (χ1) is 36.0. The number of hydrogen-bond acceptors (Lipinski definition) is 6. The van der Waals surface area contributed by atoms with Crippen LogP contribution in [0.2, 0.25) is 0 Å². The Hall–Kier alpha value is -3.41. The molecule has 0 saturated carbocycles. The number of allylic oxidation sites excluding steroid dienone is 14. The van der Waals surface area contributed by atoms with E-state index >= 15 is 0 Å². The standard InChI is InChI=1S/C67H116O6/c1-4-7-10-13-16-19-22-25-28-31-33-36-39-42-45-48-51-54-57-60-66(69)72-63-64(62-71-65(68)59-56-53-50-47-44-41-38-35-30-27-24-21-18-15-12-9-6-3)73-67(70)61-58-55-52-49-46-43-40-37-34-32-29-26-23-20-17-14-11-8-5-2/h9,12,18,21,25-30,38,41,47,50,64H,4-8,10-11,13-17,19-20,22-24,31-37,39-40,42-46,48-49,51-63H2,1-3H3/b12-9+,21-18+,28-25+,29-26+,30-27+,41-38+,50-47+/t64-/m1/s1. The summed E-state index contributed by atoms with van der Waals surface area (Å²) in [7, 11) is 0. The Morgan fingerprint density at radius 3 is 0.904 bits per heavy atom. The summed E-state index contributed by atoms with van der Waals surface area (Å²) in [5.74, 6) is -0.949. The summed E-state index contributed by atoms with van der Waals surface area (Å²) >= 11 is 0. The minimum atomic E-state index is -0.802. The lowest BCUT2D eigenvalue weighted by atomic mass is 10.1. The van der Waals surface area contributed by atoms with Crippen molar-refractivity contribution in [2.24, 2.45) is 0 Å². The van der Waals surface area contributed by atoms with Crippen LogP contribution in [0.1, 0.15) is 303 Å². The van der Waals surface area contributed by atoms with Gasteiger partial charge in [-0.25, -0.2) is 0 Å². The van der Waals surface area contributed by atoms with Crippen molar-refractivity contribution < 1.29 is 28.6 Å². The maximum Gasteiger partial charge on any atom is 0.306 e. The van der Waals surface area contributed by atoms with E-state index in [1.807, 2.05) is 0 Å². The van der Waals surface area contributed by atoms with Crippen molar-refractivity contribution in [1.29, 1.82) is 0 Å². The van der Waals surface area contributed by atoms with Gasteiger partial charge in [0.05, 0.1) is 0 Å². The molecule has 0 saturated heterocycles. The van der Waals surface area contributed by atoms with E-state index in [0.29, 0.717) is 19.3 Å². The first kappa shape index (κ1) is 69.6. The number of hydrogen-bond donors (Lipinski definition) is 0. The van der Waals surface area contributed by atoms with Gasteiger partial charge in [0.2, 0.25) is 0 Å². The Balaban J connectivity index is 4.44. The smallest absolute Gasteiger partial charge is 0.306 e. The lowest BCUT2D eigenvalue weighted by Gasteiger charge is -2.18. The molecular formula is C67H116O6. The lowest BCUT2D eigenvalue weighted by Crippen LogP contribution is -2.30. The van der Waals surface area contributed by atoms with Crippen molar-refractivity contribution >= 4 is 17.9 Å². The van der Waals surface area contributed by atoms with Crippen molar-refractivity contribution in [2.45, 2.75) is 309 Å². The fourth-order valence-corrected chi connectivity index (χ4v) is 8.70. The zero-order valence-corrected chi connectivity index (χ0v) is 48.1. The summed E-state index contributed by atoms with van der Waals surface area (Å²) in [5.41, 5.74) is 0. The minimum Gasteiger partial charge on any atom is -0.462 e. The molecule has 6 nitrogen and oxygen atoms in total. The summed E-state index contributed by atoms with van der Waals surface area (Å²) in [5, 5.41) is 0. The van der Waals surface area contributed by atoms with Crippen LogP contribution in [0.4, 0.5) is 0 Å². The third kappa shape index (κ3) is 59.3. The molecule has 0 heterocycles. The van der Waals surface area contributed by atoms with E-state index in [-0.39, 0.29) is 37.5 Å². The summed E-state index contributed by atoms with van der Waals surface area (Å²) in [6.07, 6.45) is 80.1. The first-order valence-corrected chi connectivity index (χ1v) is 31.1. The average Bonchev–Trinajstić information content (AvgIpc) is 3.39. The molecule has 0 amide bonds. The highest BCUT2D eigenvalue weighted by Gasteiger charge is 2.19. The van der Waals surface area contributed by atoms with E-state index in [1.165, 1.54) is 180 Å². The quantitative estimate of drug-likeness (QED) is 0.0261. The molecule has 420 valence electrons. The van der Waals surface area contributed by atoms with E-state index in [2.05, 4.69) is 106 Å². The third-order valence-corrected chi connectivity index (χ3v) is 13.4. The SMILES string of the molecule is CC/C=C/C/C=C/C/C=C/C/C=C/C/C=C/CCCC(=O)OC[C@H](COC(=O)CCCCCCCCCCC/C=C/CCCCCCCC)OC(=O)CCCCCCCCCCC/C=C/CCCCCCCC. The number of ether oxygens (including phenoxy) is 3. The summed E-state index contributed by atoms with van der Waals surface area (Å²) in [4.78, 5) is 38.3. The molecule has 0 bridgehead atoms. The van der Waals surface area contributed by atoms with Crippen LogP contribution < -0.4 is 0 Å². The number of carbonyl (C=O) groups excluding carboxylic acids is 3. The van der Waals surface area contributed by atoms with Gasteiger partial charge in [-0.15, -0.1) is 0 Å². The van der Waals surface area contributed by atoms with Gasteiger partial charge in [-0.2, -0.15) is 0 Å². The Morgan fingerprint density at radius 2 is 0.548 bits per heavy atom. The molecule has 0 aliphatic carbocycles. The number of esters is 3. The Kier molecular flexibility index (Phi) is 58.3. The van der Waals surface area contributed by atoms with Gasteiger partial charge in [-0.05, 0) is 109 Å². The first-order valence-electron chi connectivity index (χ1n) is 31.1. The molecule has 0 aromatic carbocycles. The molecule has 0 rings (SSSR count).